The molecule has 1 saturated carbocycles. The second-order valence-electron chi connectivity index (χ2n) is 7.32. The van der Waals surface area contributed by atoms with Gasteiger partial charge in [-0.05, 0) is 72.6 Å². The topological polar surface area (TPSA) is 0 Å². The van der Waals surface area contributed by atoms with Gasteiger partial charge in [-0.15, -0.1) is 0 Å². The van der Waals surface area contributed by atoms with Crippen molar-refractivity contribution in [2.24, 2.45) is 5.41 Å². The maximum atomic E-state index is 2.39. The molecule has 0 aliphatic heterocycles. The van der Waals surface area contributed by atoms with E-state index in [1.54, 1.807) is 22.3 Å². The number of hydrogen-bond acceptors (Lipinski definition) is 0. The molecule has 104 valence electrons. The summed E-state index contributed by atoms with van der Waals surface area (Å²) in [6.07, 6.45) is 11.5. The lowest BCUT2D eigenvalue weighted by Crippen LogP contribution is -2.32. The van der Waals surface area contributed by atoms with Crippen LogP contribution in [0, 0.1) is 12.3 Å². The Morgan fingerprint density at radius 2 is 1.68 bits per heavy atom. The van der Waals surface area contributed by atoms with Crippen LogP contribution in [0.1, 0.15) is 80.5 Å². The van der Waals surface area contributed by atoms with Crippen LogP contribution in [0.4, 0.5) is 0 Å². The molecule has 0 bridgehead atoms. The summed E-state index contributed by atoms with van der Waals surface area (Å²) < 4.78 is 0. The zero-order chi connectivity index (χ0) is 13.5. The lowest BCUT2D eigenvalue weighted by molar-refractivity contribution is 0.161. The summed E-state index contributed by atoms with van der Waals surface area (Å²) in [5.74, 6) is 0.676. The fraction of sp³-hybridized carbons (Fsp3) is 0.684. The van der Waals surface area contributed by atoms with Crippen LogP contribution in [0.5, 0.6) is 0 Å². The van der Waals surface area contributed by atoms with Crippen molar-refractivity contribution < 1.29 is 0 Å². The summed E-state index contributed by atoms with van der Waals surface area (Å²) in [6.45, 7) is 7.01. The molecule has 0 saturated heterocycles. The van der Waals surface area contributed by atoms with Gasteiger partial charge >= 0.3 is 0 Å². The number of benzene rings is 1. The van der Waals surface area contributed by atoms with E-state index in [1.165, 1.54) is 51.4 Å². The first-order chi connectivity index (χ1) is 9.11. The van der Waals surface area contributed by atoms with Crippen molar-refractivity contribution >= 4 is 0 Å². The highest BCUT2D eigenvalue weighted by molar-refractivity contribution is 5.44. The SMILES string of the molecule is Cc1ccc(C(C)C)c2c1CC1(CCCCC1)CC2. The van der Waals surface area contributed by atoms with Gasteiger partial charge in [0.15, 0.2) is 0 Å². The van der Waals surface area contributed by atoms with E-state index < -0.39 is 0 Å². The number of hydrogen-bond donors (Lipinski definition) is 0. The normalized spacial score (nSPS) is 21.7. The highest BCUT2D eigenvalue weighted by Crippen LogP contribution is 2.48. The van der Waals surface area contributed by atoms with Crippen molar-refractivity contribution in [3.05, 3.63) is 34.4 Å². The Morgan fingerprint density at radius 3 is 2.37 bits per heavy atom. The van der Waals surface area contributed by atoms with E-state index in [2.05, 4.69) is 32.9 Å². The van der Waals surface area contributed by atoms with Crippen LogP contribution >= 0.6 is 0 Å². The third-order valence-corrected chi connectivity index (χ3v) is 5.69. The van der Waals surface area contributed by atoms with Crippen LogP contribution in [0.3, 0.4) is 0 Å². The molecule has 19 heavy (non-hydrogen) atoms. The lowest BCUT2D eigenvalue weighted by Gasteiger charge is -2.42. The van der Waals surface area contributed by atoms with Crippen LogP contribution in [-0.2, 0) is 12.8 Å². The van der Waals surface area contributed by atoms with Crippen LogP contribution in [0.2, 0.25) is 0 Å². The smallest absolute Gasteiger partial charge is 0.0216 e. The van der Waals surface area contributed by atoms with E-state index in [1.807, 2.05) is 0 Å². The molecule has 0 radical (unpaired) electrons. The molecule has 0 nitrogen and oxygen atoms in total. The molecule has 1 aromatic carbocycles. The maximum absolute atomic E-state index is 2.39. The molecule has 0 unspecified atom stereocenters. The highest BCUT2D eigenvalue weighted by Gasteiger charge is 2.36. The monoisotopic (exact) mass is 256 g/mol. The molecule has 3 rings (SSSR count). The van der Waals surface area contributed by atoms with E-state index in [-0.39, 0.29) is 0 Å². The van der Waals surface area contributed by atoms with E-state index in [9.17, 15) is 0 Å². The Labute approximate surface area is 118 Å². The Hall–Kier alpha value is -0.780. The largest absolute Gasteiger partial charge is 0.0587 e. The molecule has 0 atom stereocenters. The average Bonchev–Trinajstić information content (AvgIpc) is 2.40. The van der Waals surface area contributed by atoms with E-state index in [4.69, 9.17) is 0 Å². The van der Waals surface area contributed by atoms with Crippen LogP contribution < -0.4 is 0 Å². The quantitative estimate of drug-likeness (QED) is 0.617. The molecule has 1 aromatic rings. The molecule has 0 aromatic heterocycles. The Morgan fingerprint density at radius 1 is 0.947 bits per heavy atom. The van der Waals surface area contributed by atoms with Gasteiger partial charge < -0.3 is 0 Å². The van der Waals surface area contributed by atoms with Gasteiger partial charge in [-0.3, -0.25) is 0 Å². The fourth-order valence-electron chi connectivity index (χ4n) is 4.49. The van der Waals surface area contributed by atoms with Gasteiger partial charge in [0.2, 0.25) is 0 Å². The van der Waals surface area contributed by atoms with Gasteiger partial charge in [-0.25, -0.2) is 0 Å². The molecule has 1 fully saturated rings. The Bertz CT molecular complexity index is 461. The van der Waals surface area contributed by atoms with E-state index in [0.717, 1.165) is 0 Å². The zero-order valence-corrected chi connectivity index (χ0v) is 12.9. The first-order valence-electron chi connectivity index (χ1n) is 8.23. The molecular weight excluding hydrogens is 228 g/mol. The summed E-state index contributed by atoms with van der Waals surface area (Å²) >= 11 is 0. The van der Waals surface area contributed by atoms with Gasteiger partial charge in [0, 0.05) is 0 Å². The zero-order valence-electron chi connectivity index (χ0n) is 12.9. The molecule has 0 amide bonds. The lowest BCUT2D eigenvalue weighted by atomic mass is 9.62. The average molecular weight is 256 g/mol. The molecule has 1 spiro atoms. The number of fused-ring (bicyclic) bond motifs is 1. The minimum absolute atomic E-state index is 0.672. The molecular formula is C19H28. The molecule has 0 heteroatoms. The predicted molar refractivity (Wildman–Crippen MR) is 82.8 cm³/mol. The first kappa shape index (κ1) is 13.2. The van der Waals surface area contributed by atoms with Crippen molar-refractivity contribution in [3.63, 3.8) is 0 Å². The summed E-state index contributed by atoms with van der Waals surface area (Å²) in [6, 6.07) is 4.76. The van der Waals surface area contributed by atoms with E-state index in [0.29, 0.717) is 11.3 Å². The van der Waals surface area contributed by atoms with E-state index >= 15 is 0 Å². The van der Waals surface area contributed by atoms with Gasteiger partial charge in [0.05, 0.1) is 0 Å². The van der Waals surface area contributed by atoms with Gasteiger partial charge in [-0.1, -0.05) is 45.2 Å². The fourth-order valence-corrected chi connectivity index (χ4v) is 4.49. The molecule has 2 aliphatic carbocycles. The van der Waals surface area contributed by atoms with Crippen LogP contribution in [0.15, 0.2) is 12.1 Å². The number of aryl methyl sites for hydroxylation is 1. The minimum atomic E-state index is 0.672. The van der Waals surface area contributed by atoms with Gasteiger partial charge in [-0.2, -0.15) is 0 Å². The second kappa shape index (κ2) is 4.96. The van der Waals surface area contributed by atoms with Crippen LogP contribution in [-0.4, -0.2) is 0 Å². The molecule has 2 aliphatic rings. The van der Waals surface area contributed by atoms with Crippen molar-refractivity contribution in [1.29, 1.82) is 0 Å². The van der Waals surface area contributed by atoms with Crippen LogP contribution in [0.25, 0.3) is 0 Å². The van der Waals surface area contributed by atoms with Gasteiger partial charge in [0.1, 0.15) is 0 Å². The maximum Gasteiger partial charge on any atom is -0.0216 e. The number of rotatable bonds is 1. The molecule has 0 N–H and O–H groups in total. The predicted octanol–water partition coefficient (Wildman–Crippen LogP) is 5.56. The molecule has 0 heterocycles. The van der Waals surface area contributed by atoms with Gasteiger partial charge in [0.25, 0.3) is 0 Å². The van der Waals surface area contributed by atoms with Crippen molar-refractivity contribution in [2.75, 3.05) is 0 Å². The summed E-state index contributed by atoms with van der Waals surface area (Å²) in [4.78, 5) is 0. The van der Waals surface area contributed by atoms with Crippen molar-refractivity contribution in [2.45, 2.75) is 78.1 Å². The van der Waals surface area contributed by atoms with Crippen molar-refractivity contribution in [1.82, 2.24) is 0 Å². The third-order valence-electron chi connectivity index (χ3n) is 5.69. The highest BCUT2D eigenvalue weighted by atomic mass is 14.4. The second-order valence-corrected chi connectivity index (χ2v) is 7.32. The Kier molecular flexibility index (Phi) is 3.45. The standard InChI is InChI=1S/C19H28/c1-14(2)16-8-7-15(3)18-13-19(12-9-17(16)18)10-5-4-6-11-19/h7-8,14H,4-6,9-13H2,1-3H3. The summed E-state index contributed by atoms with van der Waals surface area (Å²) in [5, 5.41) is 0. The Balaban J connectivity index is 1.98. The van der Waals surface area contributed by atoms with Crippen molar-refractivity contribution in [3.8, 4) is 0 Å². The minimum Gasteiger partial charge on any atom is -0.0587 e. The summed E-state index contributed by atoms with van der Waals surface area (Å²) in [5.41, 5.74) is 7.27. The third kappa shape index (κ3) is 2.35. The summed E-state index contributed by atoms with van der Waals surface area (Å²) in [7, 11) is 0. The first-order valence-corrected chi connectivity index (χ1v) is 8.23.